The zero-order valence-corrected chi connectivity index (χ0v) is 20.0. The molecule has 2 fully saturated rings. The molecule has 0 saturated carbocycles. The van der Waals surface area contributed by atoms with Gasteiger partial charge in [-0.3, -0.25) is 9.69 Å². The number of amides is 1. The SMILES string of the molecule is CC1CN(Cc2cccc(CNC(=O)C3CCCN(S(=O)(=O)c4cccs4)C3)c2)CCO1. The van der Waals surface area contributed by atoms with Gasteiger partial charge in [0.15, 0.2) is 0 Å². The predicted molar refractivity (Wildman–Crippen MR) is 125 cm³/mol. The Morgan fingerprint density at radius 3 is 2.81 bits per heavy atom. The first-order chi connectivity index (χ1) is 15.4. The molecule has 9 heteroatoms. The van der Waals surface area contributed by atoms with E-state index in [2.05, 4.69) is 29.3 Å². The van der Waals surface area contributed by atoms with Crippen molar-refractivity contribution in [2.24, 2.45) is 5.92 Å². The van der Waals surface area contributed by atoms with E-state index in [9.17, 15) is 13.2 Å². The Hall–Kier alpha value is -1.78. The zero-order chi connectivity index (χ0) is 22.6. The smallest absolute Gasteiger partial charge is 0.252 e. The maximum absolute atomic E-state index is 12.8. The average molecular weight is 478 g/mol. The van der Waals surface area contributed by atoms with Crippen molar-refractivity contribution in [1.82, 2.24) is 14.5 Å². The summed E-state index contributed by atoms with van der Waals surface area (Å²) in [6.07, 6.45) is 1.65. The van der Waals surface area contributed by atoms with E-state index < -0.39 is 10.0 Å². The highest BCUT2D eigenvalue weighted by Crippen LogP contribution is 2.26. The number of carbonyl (C=O) groups is 1. The van der Waals surface area contributed by atoms with Gasteiger partial charge < -0.3 is 10.1 Å². The molecule has 32 heavy (non-hydrogen) atoms. The monoisotopic (exact) mass is 477 g/mol. The molecular formula is C23H31N3O4S2. The second kappa shape index (κ2) is 10.4. The molecule has 2 aliphatic heterocycles. The molecule has 0 spiro atoms. The minimum atomic E-state index is -3.52. The lowest BCUT2D eigenvalue weighted by Crippen LogP contribution is -2.45. The van der Waals surface area contributed by atoms with Gasteiger partial charge in [-0.25, -0.2) is 8.42 Å². The summed E-state index contributed by atoms with van der Waals surface area (Å²) in [5.41, 5.74) is 2.27. The van der Waals surface area contributed by atoms with Crippen molar-refractivity contribution in [3.8, 4) is 0 Å². The second-order valence-corrected chi connectivity index (χ2v) is 11.7. The summed E-state index contributed by atoms with van der Waals surface area (Å²) in [6, 6.07) is 11.6. The van der Waals surface area contributed by atoms with Crippen LogP contribution in [0.1, 0.15) is 30.9 Å². The molecule has 7 nitrogen and oxygen atoms in total. The Labute approximate surface area is 194 Å². The van der Waals surface area contributed by atoms with Gasteiger partial charge in [-0.2, -0.15) is 4.31 Å². The van der Waals surface area contributed by atoms with Crippen LogP contribution in [-0.2, 0) is 32.6 Å². The summed E-state index contributed by atoms with van der Waals surface area (Å²) in [5.74, 6) is -0.403. The number of ether oxygens (including phenoxy) is 1. The number of nitrogens with one attached hydrogen (secondary N) is 1. The van der Waals surface area contributed by atoms with Crippen LogP contribution in [-0.4, -0.2) is 62.4 Å². The Morgan fingerprint density at radius 2 is 2.03 bits per heavy atom. The molecule has 2 aliphatic rings. The maximum atomic E-state index is 12.8. The van der Waals surface area contributed by atoms with Gasteiger partial charge in [0.2, 0.25) is 5.91 Å². The number of thiophene rings is 1. The van der Waals surface area contributed by atoms with Gasteiger partial charge in [-0.15, -0.1) is 11.3 Å². The van der Waals surface area contributed by atoms with Crippen LogP contribution in [0.15, 0.2) is 46.0 Å². The molecule has 0 bridgehead atoms. The molecule has 1 amide bonds. The van der Waals surface area contributed by atoms with Crippen molar-refractivity contribution >= 4 is 27.3 Å². The van der Waals surface area contributed by atoms with Gasteiger partial charge >= 0.3 is 0 Å². The number of sulfonamides is 1. The molecule has 1 N–H and O–H groups in total. The predicted octanol–water partition coefficient (Wildman–Crippen LogP) is 2.69. The number of nitrogens with zero attached hydrogens (tertiary/aromatic N) is 2. The standard InChI is InChI=1S/C23H31N3O4S2/c1-18-15-25(10-11-30-18)16-20-6-2-5-19(13-20)14-24-23(27)21-7-3-9-26(17-21)32(28,29)22-8-4-12-31-22/h2,4-6,8,12-13,18,21H,3,7,9-11,14-17H2,1H3,(H,24,27). The number of carbonyl (C=O) groups excluding carboxylic acids is 1. The molecular weight excluding hydrogens is 446 g/mol. The third-order valence-electron chi connectivity index (χ3n) is 6.03. The molecule has 1 aromatic carbocycles. The van der Waals surface area contributed by atoms with Gasteiger partial charge in [-0.05, 0) is 42.3 Å². The van der Waals surface area contributed by atoms with Gasteiger partial charge in [0.05, 0.1) is 18.6 Å². The largest absolute Gasteiger partial charge is 0.376 e. The Balaban J connectivity index is 1.31. The van der Waals surface area contributed by atoms with Crippen molar-refractivity contribution in [2.75, 3.05) is 32.8 Å². The van der Waals surface area contributed by atoms with E-state index in [0.717, 1.165) is 31.8 Å². The molecule has 0 aliphatic carbocycles. The lowest BCUT2D eigenvalue weighted by atomic mass is 9.98. The third kappa shape index (κ3) is 5.77. The van der Waals surface area contributed by atoms with Crippen LogP contribution in [0.25, 0.3) is 0 Å². The van der Waals surface area contributed by atoms with Crippen LogP contribution in [0, 0.1) is 5.92 Å². The Kier molecular flexibility index (Phi) is 7.63. The summed E-state index contributed by atoms with van der Waals surface area (Å²) in [4.78, 5) is 15.2. The third-order valence-corrected chi connectivity index (χ3v) is 9.27. The molecule has 2 saturated heterocycles. The van der Waals surface area contributed by atoms with Crippen LogP contribution < -0.4 is 5.32 Å². The minimum absolute atomic E-state index is 0.0801. The van der Waals surface area contributed by atoms with Crippen LogP contribution in [0.2, 0.25) is 0 Å². The Bertz CT molecular complexity index is 1010. The lowest BCUT2D eigenvalue weighted by molar-refractivity contribution is -0.126. The first-order valence-corrected chi connectivity index (χ1v) is 13.5. The normalized spacial score (nSPS) is 23.2. The Morgan fingerprint density at radius 1 is 1.19 bits per heavy atom. The summed E-state index contributed by atoms with van der Waals surface area (Å²) >= 11 is 1.21. The number of benzene rings is 1. The van der Waals surface area contributed by atoms with E-state index in [1.807, 2.05) is 12.1 Å². The summed E-state index contributed by atoms with van der Waals surface area (Å²) < 4.78 is 33.0. The molecule has 2 unspecified atom stereocenters. The van der Waals surface area contributed by atoms with Crippen LogP contribution in [0.3, 0.4) is 0 Å². The van der Waals surface area contributed by atoms with E-state index in [0.29, 0.717) is 30.1 Å². The fourth-order valence-corrected chi connectivity index (χ4v) is 7.04. The highest BCUT2D eigenvalue weighted by atomic mass is 32.2. The number of hydrogen-bond donors (Lipinski definition) is 1. The summed E-state index contributed by atoms with van der Waals surface area (Å²) in [5, 5.41) is 4.78. The highest BCUT2D eigenvalue weighted by Gasteiger charge is 2.33. The summed E-state index contributed by atoms with van der Waals surface area (Å²) in [6.45, 7) is 6.72. The van der Waals surface area contributed by atoms with Crippen LogP contribution >= 0.6 is 11.3 Å². The molecule has 2 aromatic rings. The van der Waals surface area contributed by atoms with Gasteiger partial charge in [0.1, 0.15) is 4.21 Å². The van der Waals surface area contributed by atoms with E-state index in [4.69, 9.17) is 4.74 Å². The van der Waals surface area contributed by atoms with E-state index in [-0.39, 0.29) is 24.5 Å². The van der Waals surface area contributed by atoms with Crippen molar-refractivity contribution < 1.29 is 17.9 Å². The van der Waals surface area contributed by atoms with Crippen molar-refractivity contribution in [3.05, 3.63) is 52.9 Å². The molecule has 4 rings (SSSR count). The van der Waals surface area contributed by atoms with Crippen molar-refractivity contribution in [1.29, 1.82) is 0 Å². The van der Waals surface area contributed by atoms with Gasteiger partial charge in [0, 0.05) is 39.3 Å². The molecule has 3 heterocycles. The fourth-order valence-electron chi connectivity index (χ4n) is 4.38. The number of morpholine rings is 1. The van der Waals surface area contributed by atoms with E-state index >= 15 is 0 Å². The fraction of sp³-hybridized carbons (Fsp3) is 0.522. The first-order valence-electron chi connectivity index (χ1n) is 11.1. The zero-order valence-electron chi connectivity index (χ0n) is 18.4. The topological polar surface area (TPSA) is 79.0 Å². The van der Waals surface area contributed by atoms with E-state index in [1.165, 1.54) is 21.2 Å². The summed E-state index contributed by atoms with van der Waals surface area (Å²) in [7, 11) is -3.52. The highest BCUT2D eigenvalue weighted by molar-refractivity contribution is 7.91. The van der Waals surface area contributed by atoms with Crippen molar-refractivity contribution in [3.63, 3.8) is 0 Å². The van der Waals surface area contributed by atoms with Crippen molar-refractivity contribution in [2.45, 2.75) is 43.2 Å². The van der Waals surface area contributed by atoms with E-state index in [1.54, 1.807) is 17.5 Å². The average Bonchev–Trinajstić information content (AvgIpc) is 3.34. The molecule has 2 atom stereocenters. The second-order valence-electron chi connectivity index (χ2n) is 8.59. The van der Waals surface area contributed by atoms with Crippen LogP contribution in [0.5, 0.6) is 0 Å². The van der Waals surface area contributed by atoms with Gasteiger partial charge in [-0.1, -0.05) is 30.3 Å². The number of rotatable bonds is 7. The quantitative estimate of drug-likeness (QED) is 0.663. The number of piperidine rings is 1. The first kappa shape index (κ1) is 23.4. The van der Waals surface area contributed by atoms with Gasteiger partial charge in [0.25, 0.3) is 10.0 Å². The molecule has 174 valence electrons. The lowest BCUT2D eigenvalue weighted by Gasteiger charge is -2.31. The minimum Gasteiger partial charge on any atom is -0.376 e. The van der Waals surface area contributed by atoms with Crippen LogP contribution in [0.4, 0.5) is 0 Å². The number of hydrogen-bond acceptors (Lipinski definition) is 6. The molecule has 1 aromatic heterocycles. The molecule has 0 radical (unpaired) electrons. The maximum Gasteiger partial charge on any atom is 0.252 e.